The second kappa shape index (κ2) is 2.71. The van der Waals surface area contributed by atoms with Crippen molar-refractivity contribution in [2.75, 3.05) is 0 Å². The molecule has 12 heavy (non-hydrogen) atoms. The number of halogens is 1. The Balaban J connectivity index is 2.83. The van der Waals surface area contributed by atoms with Gasteiger partial charge in [0.1, 0.15) is 11.3 Å². The van der Waals surface area contributed by atoms with Crippen LogP contribution in [0.3, 0.4) is 0 Å². The molecule has 0 aliphatic rings. The monoisotopic (exact) mass is 224 g/mol. The van der Waals surface area contributed by atoms with Crippen LogP contribution in [0.1, 0.15) is 10.5 Å². The van der Waals surface area contributed by atoms with Crippen molar-refractivity contribution in [3.63, 3.8) is 0 Å². The van der Waals surface area contributed by atoms with Crippen LogP contribution >= 0.6 is 15.9 Å². The van der Waals surface area contributed by atoms with Gasteiger partial charge in [-0.15, -0.1) is 0 Å². The molecule has 60 valence electrons. The quantitative estimate of drug-likeness (QED) is 0.755. The fourth-order valence-corrected chi connectivity index (χ4v) is 1.63. The summed E-state index contributed by atoms with van der Waals surface area (Å²) >= 11 is 3.35. The molecular weight excluding hydrogens is 220 g/mol. The Morgan fingerprint density at radius 3 is 3.17 bits per heavy atom. The smallest absolute Gasteiger partial charge is 0.168 e. The maximum Gasteiger partial charge on any atom is 0.168 e. The number of hydrogen-bond donors (Lipinski definition) is 1. The largest absolute Gasteiger partial charge is 0.346 e. The molecule has 0 aliphatic heterocycles. The van der Waals surface area contributed by atoms with Gasteiger partial charge in [-0.2, -0.15) is 0 Å². The summed E-state index contributed by atoms with van der Waals surface area (Å²) in [6, 6.07) is 3.60. The summed E-state index contributed by atoms with van der Waals surface area (Å²) < 4.78 is 0.885. The van der Waals surface area contributed by atoms with Gasteiger partial charge in [-0.05, 0) is 28.1 Å². The second-order valence-electron chi connectivity index (χ2n) is 2.39. The summed E-state index contributed by atoms with van der Waals surface area (Å²) in [7, 11) is 0. The van der Waals surface area contributed by atoms with Crippen LogP contribution in [0.4, 0.5) is 0 Å². The van der Waals surface area contributed by atoms with Gasteiger partial charge in [0.25, 0.3) is 0 Å². The molecule has 0 spiro atoms. The number of carbonyl (C=O) groups is 1. The number of nitrogens with one attached hydrogen (secondary N) is 1. The van der Waals surface area contributed by atoms with Gasteiger partial charge in [-0.25, -0.2) is 4.98 Å². The summed E-state index contributed by atoms with van der Waals surface area (Å²) in [5.41, 5.74) is 1.16. The predicted molar refractivity (Wildman–Crippen MR) is 49.2 cm³/mol. The molecule has 3 nitrogen and oxygen atoms in total. The first-order chi connectivity index (χ1) is 5.81. The minimum Gasteiger partial charge on any atom is -0.346 e. The molecule has 1 N–H and O–H groups in total. The molecule has 2 heterocycles. The fraction of sp³-hybridized carbons (Fsp3) is 0. The summed E-state index contributed by atoms with van der Waals surface area (Å²) in [6.07, 6.45) is 2.52. The molecule has 2 rings (SSSR count). The Labute approximate surface area is 76.9 Å². The van der Waals surface area contributed by atoms with Crippen molar-refractivity contribution in [2.45, 2.75) is 0 Å². The van der Waals surface area contributed by atoms with Crippen LogP contribution in [0.15, 0.2) is 22.8 Å². The van der Waals surface area contributed by atoms with Gasteiger partial charge >= 0.3 is 0 Å². The van der Waals surface area contributed by atoms with E-state index in [1.165, 1.54) is 0 Å². The van der Waals surface area contributed by atoms with Gasteiger partial charge in [-0.1, -0.05) is 0 Å². The van der Waals surface area contributed by atoms with E-state index in [1.54, 1.807) is 12.3 Å². The third-order valence-electron chi connectivity index (χ3n) is 1.62. The number of aromatic amines is 1. The van der Waals surface area contributed by atoms with Crippen LogP contribution in [0.25, 0.3) is 11.0 Å². The number of hydrogen-bond acceptors (Lipinski definition) is 2. The maximum absolute atomic E-state index is 10.4. The first-order valence-corrected chi connectivity index (χ1v) is 4.19. The van der Waals surface area contributed by atoms with Crippen molar-refractivity contribution in [1.82, 2.24) is 9.97 Å². The van der Waals surface area contributed by atoms with Crippen molar-refractivity contribution in [1.29, 1.82) is 0 Å². The van der Waals surface area contributed by atoms with Crippen LogP contribution in [-0.2, 0) is 0 Å². The van der Waals surface area contributed by atoms with Crippen LogP contribution in [0.5, 0.6) is 0 Å². The zero-order chi connectivity index (χ0) is 8.55. The number of H-pyrrole nitrogens is 1. The fourth-order valence-electron chi connectivity index (χ4n) is 1.08. The Morgan fingerprint density at radius 2 is 2.42 bits per heavy atom. The van der Waals surface area contributed by atoms with E-state index in [1.807, 2.05) is 6.07 Å². The van der Waals surface area contributed by atoms with E-state index in [0.29, 0.717) is 5.69 Å². The highest BCUT2D eigenvalue weighted by Crippen LogP contribution is 2.21. The van der Waals surface area contributed by atoms with Gasteiger partial charge in [-0.3, -0.25) is 4.79 Å². The van der Waals surface area contributed by atoms with Gasteiger partial charge in [0.15, 0.2) is 6.29 Å². The lowest BCUT2D eigenvalue weighted by atomic mass is 10.3. The Hall–Kier alpha value is -1.16. The summed E-state index contributed by atoms with van der Waals surface area (Å²) in [6.45, 7) is 0. The highest BCUT2D eigenvalue weighted by molar-refractivity contribution is 9.10. The van der Waals surface area contributed by atoms with Crippen molar-refractivity contribution in [3.8, 4) is 0 Å². The van der Waals surface area contributed by atoms with Crippen LogP contribution < -0.4 is 0 Å². The average molecular weight is 225 g/mol. The number of pyridine rings is 1. The van der Waals surface area contributed by atoms with Crippen molar-refractivity contribution in [3.05, 3.63) is 28.5 Å². The molecule has 2 aromatic heterocycles. The van der Waals surface area contributed by atoms with Gasteiger partial charge in [0.2, 0.25) is 0 Å². The van der Waals surface area contributed by atoms with E-state index in [2.05, 4.69) is 25.9 Å². The van der Waals surface area contributed by atoms with Crippen molar-refractivity contribution >= 4 is 33.2 Å². The van der Waals surface area contributed by atoms with E-state index in [0.717, 1.165) is 21.8 Å². The number of aromatic nitrogens is 2. The van der Waals surface area contributed by atoms with Crippen LogP contribution in [0, 0.1) is 0 Å². The zero-order valence-electron chi connectivity index (χ0n) is 6.04. The van der Waals surface area contributed by atoms with Gasteiger partial charge in [0, 0.05) is 16.1 Å². The molecule has 0 aromatic carbocycles. The zero-order valence-corrected chi connectivity index (χ0v) is 7.63. The number of aldehydes is 1. The van der Waals surface area contributed by atoms with E-state index >= 15 is 0 Å². The summed E-state index contributed by atoms with van der Waals surface area (Å²) in [5.74, 6) is 0. The van der Waals surface area contributed by atoms with Gasteiger partial charge in [0.05, 0.1) is 0 Å². The Kier molecular flexibility index (Phi) is 1.69. The van der Waals surface area contributed by atoms with Crippen molar-refractivity contribution in [2.24, 2.45) is 0 Å². The lowest BCUT2D eigenvalue weighted by Crippen LogP contribution is -1.87. The summed E-state index contributed by atoms with van der Waals surface area (Å²) in [4.78, 5) is 17.4. The van der Waals surface area contributed by atoms with Crippen LogP contribution in [0.2, 0.25) is 0 Å². The first-order valence-electron chi connectivity index (χ1n) is 3.40. The normalized spacial score (nSPS) is 10.4. The van der Waals surface area contributed by atoms with E-state index in [4.69, 9.17) is 0 Å². The van der Waals surface area contributed by atoms with E-state index < -0.39 is 0 Å². The molecule has 0 unspecified atom stereocenters. The number of fused-ring (bicyclic) bond motifs is 1. The SMILES string of the molecule is O=Cc1cc(Br)c2cc[nH]c2n1. The molecule has 0 saturated carbocycles. The van der Waals surface area contributed by atoms with E-state index in [9.17, 15) is 4.79 Å². The van der Waals surface area contributed by atoms with Gasteiger partial charge < -0.3 is 4.98 Å². The number of rotatable bonds is 1. The third kappa shape index (κ3) is 1.04. The maximum atomic E-state index is 10.4. The molecule has 0 aliphatic carbocycles. The number of nitrogens with zero attached hydrogens (tertiary/aromatic N) is 1. The molecule has 2 aromatic rings. The molecule has 0 amide bonds. The van der Waals surface area contributed by atoms with Crippen LogP contribution in [-0.4, -0.2) is 16.3 Å². The molecule has 0 fully saturated rings. The van der Waals surface area contributed by atoms with E-state index in [-0.39, 0.29) is 0 Å². The second-order valence-corrected chi connectivity index (χ2v) is 3.24. The molecule has 0 atom stereocenters. The Morgan fingerprint density at radius 1 is 1.58 bits per heavy atom. The standard InChI is InChI=1S/C8H5BrN2O/c9-7-3-5(4-12)11-8-6(7)1-2-10-8/h1-4H,(H,10,11). The number of carbonyl (C=O) groups excluding carboxylic acids is 1. The topological polar surface area (TPSA) is 45.8 Å². The Bertz CT molecular complexity index is 436. The minimum absolute atomic E-state index is 0.428. The lowest BCUT2D eigenvalue weighted by Gasteiger charge is -1.94. The molecular formula is C8H5BrN2O. The van der Waals surface area contributed by atoms with Crippen molar-refractivity contribution < 1.29 is 4.79 Å². The lowest BCUT2D eigenvalue weighted by molar-refractivity contribution is 0.111. The highest BCUT2D eigenvalue weighted by atomic mass is 79.9. The molecule has 4 heteroatoms. The molecule has 0 saturated heterocycles. The third-order valence-corrected chi connectivity index (χ3v) is 2.27. The average Bonchev–Trinajstić information content (AvgIpc) is 2.52. The highest BCUT2D eigenvalue weighted by Gasteiger charge is 2.02. The summed E-state index contributed by atoms with van der Waals surface area (Å²) in [5, 5.41) is 0.987. The predicted octanol–water partition coefficient (Wildman–Crippen LogP) is 2.14. The molecule has 0 radical (unpaired) electrons. The first kappa shape index (κ1) is 7.49. The minimum atomic E-state index is 0.428. The molecule has 0 bridgehead atoms.